The fraction of sp³-hybridized carbons (Fsp3) is 0.542. The quantitative estimate of drug-likeness (QED) is 0.331. The lowest BCUT2D eigenvalue weighted by Crippen LogP contribution is -2.74. The number of likely N-dealkylation sites (tertiary alicyclic amines) is 1. The van der Waals surface area contributed by atoms with Crippen molar-refractivity contribution in [2.24, 2.45) is 0 Å². The maximum atomic E-state index is 12.8. The molecule has 2 heterocycles. The minimum absolute atomic E-state index is 0.0651. The number of aliphatic carboxylic acids is 1. The van der Waals surface area contributed by atoms with Crippen LogP contribution in [-0.2, 0) is 31.0 Å². The van der Waals surface area contributed by atoms with E-state index in [1.807, 2.05) is 13.1 Å². The number of nitrogens with zero attached hydrogens (tertiary/aromatic N) is 1. The first-order chi connectivity index (χ1) is 16.5. The number of carboxylic acid groups (broad SMARTS) is 1. The Hall–Kier alpha value is -3.15. The van der Waals surface area contributed by atoms with E-state index in [4.69, 9.17) is 9.47 Å². The molecular weight excluding hydrogens is 460 g/mol. The van der Waals surface area contributed by atoms with Gasteiger partial charge in [-0.05, 0) is 51.1 Å². The smallest absolute Gasteiger partial charge is 0.326 e. The number of amides is 1. The van der Waals surface area contributed by atoms with Crippen molar-refractivity contribution in [3.63, 3.8) is 0 Å². The van der Waals surface area contributed by atoms with Gasteiger partial charge in [0.25, 0.3) is 0 Å². The molecule has 1 saturated heterocycles. The van der Waals surface area contributed by atoms with Crippen LogP contribution in [0.15, 0.2) is 24.0 Å². The van der Waals surface area contributed by atoms with Gasteiger partial charge in [0.1, 0.15) is 17.9 Å². The number of esters is 1. The molecule has 1 amide bonds. The molecular formula is C24H28N2O9. The molecule has 5 rings (SSSR count). The zero-order chi connectivity index (χ0) is 25.3. The van der Waals surface area contributed by atoms with Crippen LogP contribution in [0.2, 0.25) is 0 Å². The highest BCUT2D eigenvalue weighted by Gasteiger charge is 2.72. The predicted molar refractivity (Wildman–Crippen MR) is 119 cm³/mol. The minimum atomic E-state index is -1.59. The summed E-state index contributed by atoms with van der Waals surface area (Å²) < 4.78 is 11.8. The van der Waals surface area contributed by atoms with E-state index in [0.29, 0.717) is 19.4 Å². The Morgan fingerprint density at radius 1 is 1.34 bits per heavy atom. The molecule has 1 aromatic rings. The van der Waals surface area contributed by atoms with Crippen molar-refractivity contribution >= 4 is 17.8 Å². The number of aromatic hydroxyl groups is 1. The second-order valence-corrected chi connectivity index (χ2v) is 9.86. The van der Waals surface area contributed by atoms with Gasteiger partial charge in [0.05, 0.1) is 17.4 Å². The van der Waals surface area contributed by atoms with E-state index in [0.717, 1.165) is 11.1 Å². The molecule has 2 aliphatic carbocycles. The Balaban J connectivity index is 1.46. The molecule has 0 radical (unpaired) electrons. The predicted octanol–water partition coefficient (Wildman–Crippen LogP) is -0.447. The molecule has 0 aromatic heterocycles. The third-order valence-corrected chi connectivity index (χ3v) is 7.95. The van der Waals surface area contributed by atoms with Gasteiger partial charge in [-0.25, -0.2) is 4.79 Å². The summed E-state index contributed by atoms with van der Waals surface area (Å²) in [7, 11) is 1.96. The van der Waals surface area contributed by atoms with Crippen LogP contribution < -0.4 is 10.1 Å². The highest BCUT2D eigenvalue weighted by molar-refractivity contribution is 5.88. The second-order valence-electron chi connectivity index (χ2n) is 9.86. The highest BCUT2D eigenvalue weighted by Crippen LogP contribution is 2.65. The molecule has 11 heteroatoms. The van der Waals surface area contributed by atoms with E-state index < -0.39 is 53.5 Å². The van der Waals surface area contributed by atoms with E-state index >= 15 is 0 Å². The lowest BCUT2D eigenvalue weighted by atomic mass is 9.50. The van der Waals surface area contributed by atoms with Crippen LogP contribution in [0.3, 0.4) is 0 Å². The molecule has 4 aliphatic rings. The van der Waals surface area contributed by atoms with E-state index in [1.165, 1.54) is 6.92 Å². The average molecular weight is 488 g/mol. The zero-order valence-electron chi connectivity index (χ0n) is 19.4. The van der Waals surface area contributed by atoms with Crippen LogP contribution >= 0.6 is 0 Å². The number of hydrogen-bond acceptors (Lipinski definition) is 9. The largest absolute Gasteiger partial charge is 0.504 e. The van der Waals surface area contributed by atoms with Crippen molar-refractivity contribution in [1.82, 2.24) is 10.2 Å². The number of carbonyl (C=O) groups excluding carboxylic acids is 2. The van der Waals surface area contributed by atoms with E-state index in [-0.39, 0.29) is 29.7 Å². The van der Waals surface area contributed by atoms with Crippen molar-refractivity contribution in [1.29, 1.82) is 0 Å². The fourth-order valence-electron chi connectivity index (χ4n) is 6.27. The van der Waals surface area contributed by atoms with Crippen LogP contribution in [-0.4, -0.2) is 86.7 Å². The summed E-state index contributed by atoms with van der Waals surface area (Å²) >= 11 is 0. The highest BCUT2D eigenvalue weighted by atomic mass is 16.6. The maximum Gasteiger partial charge on any atom is 0.326 e. The molecule has 1 spiro atoms. The number of likely N-dealkylation sites (N-methyl/N-ethyl adjacent to an activating group) is 1. The van der Waals surface area contributed by atoms with Gasteiger partial charge in [-0.2, -0.15) is 0 Å². The number of carboxylic acids is 1. The Bertz CT molecular complexity index is 1150. The second kappa shape index (κ2) is 7.94. The lowest BCUT2D eigenvalue weighted by molar-refractivity contribution is -0.169. The standard InChI is InChI=1S/C24H28N2O9/c1-11(27)21(30)25-13(22(31)32)10-17(29)34-15-5-6-24(33)16-9-12-3-4-14(28)19-18(12)23(24,20(15)35-19)7-8-26(16)2/h3-5,11,13,16,20,27-28,33H,6-10H2,1-2H3,(H,25,30)(H,31,32)/t11?,13?,16-,20+,23+,24-/m1/s1. The number of aliphatic hydroxyl groups excluding tert-OH is 1. The van der Waals surface area contributed by atoms with Crippen LogP contribution in [0.4, 0.5) is 0 Å². The molecule has 0 saturated carbocycles. The number of phenols is 1. The number of ether oxygens (including phenoxy) is 2. The summed E-state index contributed by atoms with van der Waals surface area (Å²) in [5.41, 5.74) is -0.464. The van der Waals surface area contributed by atoms with Crippen molar-refractivity contribution < 1.29 is 44.3 Å². The molecule has 11 nitrogen and oxygen atoms in total. The van der Waals surface area contributed by atoms with Crippen molar-refractivity contribution in [3.8, 4) is 11.5 Å². The maximum absolute atomic E-state index is 12.8. The summed E-state index contributed by atoms with van der Waals surface area (Å²) in [5, 5.41) is 43.4. The third kappa shape index (κ3) is 3.25. The number of nitrogens with one attached hydrogen (secondary N) is 1. The zero-order valence-corrected chi connectivity index (χ0v) is 19.4. The van der Waals surface area contributed by atoms with Gasteiger partial charge >= 0.3 is 11.9 Å². The number of piperidine rings is 1. The van der Waals surface area contributed by atoms with Gasteiger partial charge in [0, 0.05) is 18.0 Å². The summed E-state index contributed by atoms with van der Waals surface area (Å²) in [6.45, 7) is 1.84. The van der Waals surface area contributed by atoms with Crippen LogP contribution in [0.25, 0.3) is 0 Å². The van der Waals surface area contributed by atoms with E-state index in [2.05, 4.69) is 10.2 Å². The molecule has 6 atom stereocenters. The molecule has 1 fully saturated rings. The van der Waals surface area contributed by atoms with Crippen molar-refractivity contribution in [2.45, 2.75) is 67.9 Å². The number of aliphatic hydroxyl groups is 2. The monoisotopic (exact) mass is 488 g/mol. The van der Waals surface area contributed by atoms with Gasteiger partial charge < -0.3 is 40.1 Å². The fourth-order valence-corrected chi connectivity index (χ4v) is 6.27. The Morgan fingerprint density at radius 2 is 2.09 bits per heavy atom. The van der Waals surface area contributed by atoms with Gasteiger partial charge in [0.2, 0.25) is 5.91 Å². The number of rotatable bonds is 6. The number of benzene rings is 1. The first-order valence-corrected chi connectivity index (χ1v) is 11.6. The van der Waals surface area contributed by atoms with Crippen LogP contribution in [0.1, 0.15) is 37.3 Å². The van der Waals surface area contributed by atoms with Gasteiger partial charge in [-0.1, -0.05) is 6.07 Å². The Morgan fingerprint density at radius 3 is 2.77 bits per heavy atom. The minimum Gasteiger partial charge on any atom is -0.504 e. The van der Waals surface area contributed by atoms with Gasteiger partial charge in [-0.3, -0.25) is 9.59 Å². The van der Waals surface area contributed by atoms with Crippen molar-refractivity contribution in [3.05, 3.63) is 35.1 Å². The number of carbonyl (C=O) groups is 3. The van der Waals surface area contributed by atoms with Crippen molar-refractivity contribution in [2.75, 3.05) is 13.6 Å². The summed E-state index contributed by atoms with van der Waals surface area (Å²) in [6.07, 6.45) is -0.156. The van der Waals surface area contributed by atoms with Gasteiger partial charge in [0.15, 0.2) is 17.6 Å². The SMILES string of the molecule is CC(O)C(=O)NC(CC(=O)OC1=CC[C@@]2(O)[C@H]3Cc4ccc(O)c5c4[C@@]2(CCN3C)[C@H]1O5)C(=O)O. The first-order valence-electron chi connectivity index (χ1n) is 11.6. The number of hydrogen-bond donors (Lipinski definition) is 5. The molecule has 2 bridgehead atoms. The number of phenolic OH excluding ortho intramolecular Hbond substituents is 1. The van der Waals surface area contributed by atoms with E-state index in [9.17, 15) is 34.8 Å². The Labute approximate surface area is 200 Å². The average Bonchev–Trinajstić information content (AvgIpc) is 3.15. The lowest BCUT2D eigenvalue weighted by Gasteiger charge is -2.61. The van der Waals surface area contributed by atoms with Crippen LogP contribution in [0, 0.1) is 0 Å². The van der Waals surface area contributed by atoms with E-state index in [1.54, 1.807) is 12.1 Å². The normalized spacial score (nSPS) is 31.9. The molecule has 2 aliphatic heterocycles. The topological polar surface area (TPSA) is 166 Å². The molecule has 2 unspecified atom stereocenters. The van der Waals surface area contributed by atoms with Crippen LogP contribution in [0.5, 0.6) is 11.5 Å². The summed E-state index contributed by atoms with van der Waals surface area (Å²) in [4.78, 5) is 38.1. The third-order valence-electron chi connectivity index (χ3n) is 7.95. The molecule has 188 valence electrons. The Kier molecular flexibility index (Phi) is 5.35. The first kappa shape index (κ1) is 23.6. The summed E-state index contributed by atoms with van der Waals surface area (Å²) in [6, 6.07) is 1.59. The molecule has 5 N–H and O–H groups in total. The van der Waals surface area contributed by atoms with Gasteiger partial charge in [-0.15, -0.1) is 0 Å². The summed E-state index contributed by atoms with van der Waals surface area (Å²) in [5.74, 6) is -2.96. The molecule has 35 heavy (non-hydrogen) atoms. The molecule has 1 aromatic carbocycles.